The smallest absolute Gasteiger partial charge is 0.262 e. The van der Waals surface area contributed by atoms with E-state index in [1.54, 1.807) is 24.3 Å². The van der Waals surface area contributed by atoms with Crippen LogP contribution in [-0.4, -0.2) is 38.0 Å². The van der Waals surface area contributed by atoms with Crippen molar-refractivity contribution in [1.29, 1.82) is 0 Å². The normalized spacial score (nSPS) is 14.1. The van der Waals surface area contributed by atoms with Crippen LogP contribution in [0, 0.1) is 0 Å². The number of rotatable bonds is 5. The Labute approximate surface area is 158 Å². The van der Waals surface area contributed by atoms with Gasteiger partial charge in [-0.2, -0.15) is 4.37 Å². The number of amides is 3. The number of carbonyl (C=O) groups is 3. The van der Waals surface area contributed by atoms with Gasteiger partial charge in [-0.25, -0.2) is 4.98 Å². The number of aromatic nitrogens is 2. The van der Waals surface area contributed by atoms with Crippen LogP contribution >= 0.6 is 11.5 Å². The standard InChI is InChI=1S/C19H14N4O3S/c24-16(22-19-20-11-21-27-19)15(10-12-6-2-1-3-7-12)23-17(25)13-8-4-5-9-14(13)18(23)26/h1-9,11,15H,10H2,(H,20,21,22,24). The molecule has 0 spiro atoms. The first kappa shape index (κ1) is 17.0. The summed E-state index contributed by atoms with van der Waals surface area (Å²) in [6.45, 7) is 0. The highest BCUT2D eigenvalue weighted by Gasteiger charge is 2.42. The van der Waals surface area contributed by atoms with Gasteiger partial charge in [0.1, 0.15) is 12.4 Å². The van der Waals surface area contributed by atoms with E-state index < -0.39 is 23.8 Å². The van der Waals surface area contributed by atoms with E-state index >= 15 is 0 Å². The van der Waals surface area contributed by atoms with Gasteiger partial charge >= 0.3 is 0 Å². The van der Waals surface area contributed by atoms with Crippen LogP contribution in [0.15, 0.2) is 60.9 Å². The number of nitrogens with one attached hydrogen (secondary N) is 1. The highest BCUT2D eigenvalue weighted by molar-refractivity contribution is 7.09. The molecule has 3 aromatic rings. The second kappa shape index (κ2) is 7.08. The third-order valence-corrected chi connectivity index (χ3v) is 4.88. The number of carbonyl (C=O) groups excluding carboxylic acids is 3. The minimum atomic E-state index is -0.997. The van der Waals surface area contributed by atoms with E-state index in [9.17, 15) is 14.4 Å². The van der Waals surface area contributed by atoms with Crippen LogP contribution in [0.5, 0.6) is 0 Å². The average molecular weight is 378 g/mol. The van der Waals surface area contributed by atoms with Crippen LogP contribution in [0.2, 0.25) is 0 Å². The van der Waals surface area contributed by atoms with Gasteiger partial charge in [-0.05, 0) is 17.7 Å². The minimum Gasteiger partial charge on any atom is -0.299 e. The van der Waals surface area contributed by atoms with Crippen molar-refractivity contribution < 1.29 is 14.4 Å². The van der Waals surface area contributed by atoms with Gasteiger partial charge in [-0.3, -0.25) is 24.6 Å². The summed E-state index contributed by atoms with van der Waals surface area (Å²) in [6.07, 6.45) is 1.53. The van der Waals surface area contributed by atoms with Crippen LogP contribution in [0.25, 0.3) is 0 Å². The van der Waals surface area contributed by atoms with Crippen LogP contribution in [-0.2, 0) is 11.2 Å². The third kappa shape index (κ3) is 3.22. The monoisotopic (exact) mass is 378 g/mol. The quantitative estimate of drug-likeness (QED) is 0.688. The molecule has 0 saturated heterocycles. The Morgan fingerprint density at radius 3 is 2.22 bits per heavy atom. The molecule has 7 nitrogen and oxygen atoms in total. The van der Waals surface area contributed by atoms with Crippen molar-refractivity contribution in [3.63, 3.8) is 0 Å². The molecular weight excluding hydrogens is 364 g/mol. The molecule has 0 radical (unpaired) electrons. The maximum atomic E-state index is 12.9. The summed E-state index contributed by atoms with van der Waals surface area (Å²) in [5.41, 5.74) is 1.46. The first-order valence-corrected chi connectivity index (χ1v) is 9.01. The Hall–Kier alpha value is -3.39. The van der Waals surface area contributed by atoms with E-state index in [0.717, 1.165) is 22.0 Å². The Morgan fingerprint density at radius 1 is 1.00 bits per heavy atom. The number of fused-ring (bicyclic) bond motifs is 1. The van der Waals surface area contributed by atoms with E-state index in [2.05, 4.69) is 14.7 Å². The van der Waals surface area contributed by atoms with Crippen molar-refractivity contribution in [2.75, 3.05) is 5.32 Å². The second-order valence-corrected chi connectivity index (χ2v) is 6.75. The maximum Gasteiger partial charge on any atom is 0.262 e. The molecular formula is C19H14N4O3S. The van der Waals surface area contributed by atoms with E-state index in [0.29, 0.717) is 16.3 Å². The number of hydrogen-bond donors (Lipinski definition) is 1. The molecule has 134 valence electrons. The fourth-order valence-electron chi connectivity index (χ4n) is 3.05. The topological polar surface area (TPSA) is 92.3 Å². The molecule has 0 bridgehead atoms. The van der Waals surface area contributed by atoms with Gasteiger partial charge in [0.25, 0.3) is 11.8 Å². The molecule has 0 saturated carbocycles. The summed E-state index contributed by atoms with van der Waals surface area (Å²) in [4.78, 5) is 43.6. The molecule has 27 heavy (non-hydrogen) atoms. The molecule has 4 rings (SSSR count). The van der Waals surface area contributed by atoms with Crippen molar-refractivity contribution in [3.05, 3.63) is 77.6 Å². The fourth-order valence-corrected chi connectivity index (χ4v) is 3.48. The third-order valence-electron chi connectivity index (χ3n) is 4.30. The predicted octanol–water partition coefficient (Wildman–Crippen LogP) is 2.38. The number of anilines is 1. The summed E-state index contributed by atoms with van der Waals surface area (Å²) in [6, 6.07) is 14.8. The molecule has 1 N–H and O–H groups in total. The largest absolute Gasteiger partial charge is 0.299 e. The van der Waals surface area contributed by atoms with Crippen molar-refractivity contribution in [3.8, 4) is 0 Å². The Bertz CT molecular complexity index is 970. The molecule has 3 amide bonds. The Balaban J connectivity index is 1.68. The Kier molecular flexibility index (Phi) is 4.47. The highest BCUT2D eigenvalue weighted by Crippen LogP contribution is 2.26. The van der Waals surface area contributed by atoms with E-state index in [4.69, 9.17) is 0 Å². The first-order valence-electron chi connectivity index (χ1n) is 8.23. The average Bonchev–Trinajstić information content (AvgIpc) is 3.28. The lowest BCUT2D eigenvalue weighted by molar-refractivity contribution is -0.119. The number of hydrogen-bond acceptors (Lipinski definition) is 6. The van der Waals surface area contributed by atoms with Crippen molar-refractivity contribution in [2.45, 2.75) is 12.5 Å². The molecule has 1 aliphatic heterocycles. The fraction of sp³-hybridized carbons (Fsp3) is 0.105. The van der Waals surface area contributed by atoms with Crippen molar-refractivity contribution in [2.24, 2.45) is 0 Å². The number of nitrogens with zero attached hydrogens (tertiary/aromatic N) is 3. The lowest BCUT2D eigenvalue weighted by Crippen LogP contribution is -2.48. The molecule has 0 fully saturated rings. The lowest BCUT2D eigenvalue weighted by Gasteiger charge is -2.25. The van der Waals surface area contributed by atoms with Gasteiger partial charge < -0.3 is 0 Å². The van der Waals surface area contributed by atoms with Gasteiger partial charge in [0.15, 0.2) is 0 Å². The van der Waals surface area contributed by atoms with Gasteiger partial charge in [-0.1, -0.05) is 42.5 Å². The molecule has 1 aliphatic rings. The van der Waals surface area contributed by atoms with Gasteiger partial charge in [0.2, 0.25) is 11.0 Å². The maximum absolute atomic E-state index is 12.9. The van der Waals surface area contributed by atoms with E-state index in [1.807, 2.05) is 30.3 Å². The Morgan fingerprint density at radius 2 is 1.63 bits per heavy atom. The minimum absolute atomic E-state index is 0.205. The summed E-state index contributed by atoms with van der Waals surface area (Å²) in [5, 5.41) is 2.96. The van der Waals surface area contributed by atoms with Crippen molar-refractivity contribution in [1.82, 2.24) is 14.3 Å². The van der Waals surface area contributed by atoms with Crippen LogP contribution < -0.4 is 5.32 Å². The van der Waals surface area contributed by atoms with Crippen LogP contribution in [0.3, 0.4) is 0 Å². The van der Waals surface area contributed by atoms with Gasteiger partial charge in [0.05, 0.1) is 11.1 Å². The summed E-state index contributed by atoms with van der Waals surface area (Å²) < 4.78 is 3.85. The predicted molar refractivity (Wildman–Crippen MR) is 99.4 cm³/mol. The van der Waals surface area contributed by atoms with E-state index in [-0.39, 0.29) is 6.42 Å². The molecule has 1 aromatic heterocycles. The first-order chi connectivity index (χ1) is 13.1. The van der Waals surface area contributed by atoms with Crippen molar-refractivity contribution >= 4 is 34.4 Å². The highest BCUT2D eigenvalue weighted by atomic mass is 32.1. The van der Waals surface area contributed by atoms with E-state index in [1.165, 1.54) is 6.33 Å². The summed E-state index contributed by atoms with van der Waals surface area (Å²) in [5.74, 6) is -1.42. The van der Waals surface area contributed by atoms with Gasteiger partial charge in [-0.15, -0.1) is 0 Å². The van der Waals surface area contributed by atoms with Gasteiger partial charge in [0, 0.05) is 18.0 Å². The summed E-state index contributed by atoms with van der Waals surface area (Å²) in [7, 11) is 0. The van der Waals surface area contributed by atoms with Crippen LogP contribution in [0.4, 0.5) is 5.13 Å². The molecule has 8 heteroatoms. The SMILES string of the molecule is O=C(Nc1ncns1)C(Cc1ccccc1)N1C(=O)c2ccccc2C1=O. The zero-order valence-electron chi connectivity index (χ0n) is 14.0. The molecule has 1 unspecified atom stereocenters. The zero-order chi connectivity index (χ0) is 18.8. The molecule has 2 heterocycles. The molecule has 2 aromatic carbocycles. The lowest BCUT2D eigenvalue weighted by atomic mass is 10.0. The number of benzene rings is 2. The number of imide groups is 1. The van der Waals surface area contributed by atoms with Crippen LogP contribution in [0.1, 0.15) is 26.3 Å². The summed E-state index contributed by atoms with van der Waals surface area (Å²) >= 11 is 1.03. The molecule has 1 atom stereocenters. The second-order valence-electron chi connectivity index (χ2n) is 5.97. The zero-order valence-corrected chi connectivity index (χ0v) is 14.8. The molecule has 0 aliphatic carbocycles.